The fourth-order valence-electron chi connectivity index (χ4n) is 4.46. The Kier molecular flexibility index (Phi) is 7.26. The minimum absolute atomic E-state index is 0.0247. The molecule has 0 aliphatic rings. The number of rotatable bonds is 8. The van der Waals surface area contributed by atoms with Crippen molar-refractivity contribution in [3.63, 3.8) is 0 Å². The van der Waals surface area contributed by atoms with Gasteiger partial charge in [-0.3, -0.25) is 9.78 Å². The van der Waals surface area contributed by atoms with Crippen LogP contribution in [0.5, 0.6) is 0 Å². The highest BCUT2D eigenvalue weighted by Gasteiger charge is 2.29. The number of hydrogen-bond acceptors (Lipinski definition) is 7. The first-order valence-electron chi connectivity index (χ1n) is 12.5. The first-order chi connectivity index (χ1) is 19.4. The molecule has 10 nitrogen and oxygen atoms in total. The van der Waals surface area contributed by atoms with Gasteiger partial charge in [0.05, 0.1) is 50.7 Å². The van der Waals surface area contributed by atoms with E-state index in [1.54, 1.807) is 31.2 Å². The molecule has 5 aromatic rings. The number of aryl methyl sites for hydroxylation is 1. The molecule has 3 heterocycles. The Morgan fingerprint density at radius 1 is 0.976 bits per heavy atom. The third-order valence-electron chi connectivity index (χ3n) is 6.68. The van der Waals surface area contributed by atoms with Gasteiger partial charge in [-0.2, -0.15) is 5.10 Å². The molecule has 13 heteroatoms. The molecule has 1 amide bonds. The molecule has 2 aromatic carbocycles. The van der Waals surface area contributed by atoms with Crippen LogP contribution in [-0.2, 0) is 19.9 Å². The quantitative estimate of drug-likeness (QED) is 0.284. The zero-order chi connectivity index (χ0) is 29.5. The van der Waals surface area contributed by atoms with E-state index in [2.05, 4.69) is 15.4 Å². The lowest BCUT2D eigenvalue weighted by Gasteiger charge is -2.20. The van der Waals surface area contributed by atoms with Crippen LogP contribution in [0.4, 0.5) is 4.39 Å². The van der Waals surface area contributed by atoms with Gasteiger partial charge >= 0.3 is 0 Å². The fraction of sp³-hybridized carbons (Fsp3) is 0.179. The molecule has 41 heavy (non-hydrogen) atoms. The maximum absolute atomic E-state index is 13.6. The molecule has 0 aliphatic heterocycles. The maximum atomic E-state index is 13.6. The molecular weight excluding hydrogens is 569 g/mol. The van der Waals surface area contributed by atoms with Crippen molar-refractivity contribution < 1.29 is 26.0 Å². The zero-order valence-corrected chi connectivity index (χ0v) is 23.9. The van der Waals surface area contributed by atoms with Gasteiger partial charge in [-0.1, -0.05) is 24.6 Å². The number of amides is 1. The van der Waals surface area contributed by atoms with Crippen molar-refractivity contribution in [1.29, 1.82) is 0 Å². The third kappa shape index (κ3) is 5.37. The molecule has 3 aromatic heterocycles. The van der Waals surface area contributed by atoms with Gasteiger partial charge in [-0.15, -0.1) is 0 Å². The summed E-state index contributed by atoms with van der Waals surface area (Å²) in [5.41, 5.74) is 2.19. The molecule has 0 spiro atoms. The van der Waals surface area contributed by atoms with E-state index in [1.165, 1.54) is 53.6 Å². The van der Waals surface area contributed by atoms with Gasteiger partial charge in [0, 0.05) is 24.0 Å². The van der Waals surface area contributed by atoms with E-state index in [-0.39, 0.29) is 27.5 Å². The normalized spacial score (nSPS) is 12.9. The minimum atomic E-state index is -4.20. The van der Waals surface area contributed by atoms with Crippen LogP contribution >= 0.6 is 0 Å². The smallest absolute Gasteiger partial charge is 0.267 e. The number of sulfone groups is 1. The SMILES string of the molecule is CC[C@@H](NC(=O)c1cncc2c1cnn2-c1ccc(F)cc1)c1cc(S(C)(=O)=O)cn1S(=O)(=O)c1ccc(C)cc1. The van der Waals surface area contributed by atoms with E-state index in [9.17, 15) is 26.0 Å². The summed E-state index contributed by atoms with van der Waals surface area (Å²) in [5, 5.41) is 7.65. The van der Waals surface area contributed by atoms with E-state index >= 15 is 0 Å². The van der Waals surface area contributed by atoms with E-state index in [0.29, 0.717) is 16.6 Å². The summed E-state index contributed by atoms with van der Waals surface area (Å²) in [6.45, 7) is 3.56. The molecule has 212 valence electrons. The Labute approximate surface area is 236 Å². The Hall–Kier alpha value is -4.36. The molecule has 5 rings (SSSR count). The van der Waals surface area contributed by atoms with Crippen LogP contribution in [0.2, 0.25) is 0 Å². The lowest BCUT2D eigenvalue weighted by molar-refractivity contribution is 0.0935. The number of nitrogens with one attached hydrogen (secondary N) is 1. The Bertz CT molecular complexity index is 1980. The second-order valence-corrected chi connectivity index (χ2v) is 13.4. The van der Waals surface area contributed by atoms with Crippen molar-refractivity contribution in [2.45, 2.75) is 36.1 Å². The molecule has 1 N–H and O–H groups in total. The third-order valence-corrected chi connectivity index (χ3v) is 9.46. The predicted molar refractivity (Wildman–Crippen MR) is 151 cm³/mol. The van der Waals surface area contributed by atoms with Crippen LogP contribution in [0.15, 0.2) is 89.2 Å². The number of halogens is 1. The number of aromatic nitrogens is 4. The van der Waals surface area contributed by atoms with Gasteiger partial charge < -0.3 is 5.32 Å². The summed E-state index contributed by atoms with van der Waals surface area (Å²) in [5.74, 6) is -0.961. The van der Waals surface area contributed by atoms with Crippen molar-refractivity contribution in [1.82, 2.24) is 24.1 Å². The van der Waals surface area contributed by atoms with Crippen LogP contribution in [0.3, 0.4) is 0 Å². The highest BCUT2D eigenvalue weighted by Crippen LogP contribution is 2.29. The Balaban J connectivity index is 1.55. The Morgan fingerprint density at radius 3 is 2.29 bits per heavy atom. The van der Waals surface area contributed by atoms with Crippen molar-refractivity contribution in [3.05, 3.63) is 102 Å². The number of benzene rings is 2. The highest BCUT2D eigenvalue weighted by atomic mass is 32.2. The van der Waals surface area contributed by atoms with Gasteiger partial charge in [-0.05, 0) is 55.8 Å². The Morgan fingerprint density at radius 2 is 1.66 bits per heavy atom. The lowest BCUT2D eigenvalue weighted by atomic mass is 10.1. The molecule has 0 aliphatic carbocycles. The van der Waals surface area contributed by atoms with Gasteiger partial charge in [0.2, 0.25) is 0 Å². The topological polar surface area (TPSA) is 133 Å². The molecule has 0 saturated heterocycles. The van der Waals surface area contributed by atoms with Crippen molar-refractivity contribution in [2.75, 3.05) is 6.26 Å². The van der Waals surface area contributed by atoms with Crippen molar-refractivity contribution in [2.24, 2.45) is 0 Å². The summed E-state index contributed by atoms with van der Waals surface area (Å²) >= 11 is 0. The van der Waals surface area contributed by atoms with Crippen LogP contribution in [0, 0.1) is 12.7 Å². The van der Waals surface area contributed by atoms with E-state index in [4.69, 9.17) is 0 Å². The van der Waals surface area contributed by atoms with Crippen molar-refractivity contribution >= 4 is 36.7 Å². The van der Waals surface area contributed by atoms with Crippen LogP contribution in [-0.4, -0.2) is 47.7 Å². The molecule has 1 atom stereocenters. The monoisotopic (exact) mass is 595 g/mol. The van der Waals surface area contributed by atoms with Crippen molar-refractivity contribution in [3.8, 4) is 5.69 Å². The molecule has 0 radical (unpaired) electrons. The van der Waals surface area contributed by atoms with Gasteiger partial charge in [0.25, 0.3) is 15.9 Å². The maximum Gasteiger partial charge on any atom is 0.267 e. The number of carbonyl (C=O) groups excluding carboxylic acids is 1. The molecule has 0 bridgehead atoms. The van der Waals surface area contributed by atoms with E-state index in [1.807, 2.05) is 6.92 Å². The summed E-state index contributed by atoms with van der Waals surface area (Å²) in [7, 11) is -7.97. The molecule has 0 unspecified atom stereocenters. The second kappa shape index (κ2) is 10.6. The highest BCUT2D eigenvalue weighted by molar-refractivity contribution is 7.91. The minimum Gasteiger partial charge on any atom is -0.344 e. The second-order valence-electron chi connectivity index (χ2n) is 9.57. The average molecular weight is 596 g/mol. The summed E-state index contributed by atoms with van der Waals surface area (Å²) in [6.07, 6.45) is 6.68. The summed E-state index contributed by atoms with van der Waals surface area (Å²) < 4.78 is 67.9. The predicted octanol–water partition coefficient (Wildman–Crippen LogP) is 4.19. The number of nitrogens with zero attached hydrogens (tertiary/aromatic N) is 4. The van der Waals surface area contributed by atoms with Gasteiger partial charge in [0.1, 0.15) is 5.82 Å². The van der Waals surface area contributed by atoms with Crippen LogP contribution in [0.1, 0.15) is 41.0 Å². The standard InChI is InChI=1S/C28H26FN5O5S2/c1-4-25(26-13-22(40(3,36)37)17-33(26)41(38,39)21-11-5-18(2)6-12-21)32-28(35)24-14-30-16-27-23(24)15-31-34(27)20-9-7-19(29)8-10-20/h5-17,25H,4H2,1-3H3,(H,32,35)/t25-/m1/s1. The fourth-order valence-corrected chi connectivity index (χ4v) is 6.57. The van der Waals surface area contributed by atoms with Gasteiger partial charge in [0.15, 0.2) is 9.84 Å². The molecule has 0 saturated carbocycles. The van der Waals surface area contributed by atoms with Crippen LogP contribution in [0.25, 0.3) is 16.6 Å². The molecule has 0 fully saturated rings. The number of carbonyl (C=O) groups is 1. The molecular formula is C28H26FN5O5S2. The number of hydrogen-bond donors (Lipinski definition) is 1. The first-order valence-corrected chi connectivity index (χ1v) is 15.9. The van der Waals surface area contributed by atoms with Gasteiger partial charge in [-0.25, -0.2) is 29.9 Å². The number of fused-ring (bicyclic) bond motifs is 1. The van der Waals surface area contributed by atoms with E-state index in [0.717, 1.165) is 22.0 Å². The summed E-state index contributed by atoms with van der Waals surface area (Å²) in [4.78, 5) is 17.5. The number of pyridine rings is 1. The first kappa shape index (κ1) is 28.2. The lowest BCUT2D eigenvalue weighted by Crippen LogP contribution is -2.31. The zero-order valence-electron chi connectivity index (χ0n) is 22.3. The summed E-state index contributed by atoms with van der Waals surface area (Å²) in [6, 6.07) is 12.2. The average Bonchev–Trinajstić information content (AvgIpc) is 3.58. The van der Waals surface area contributed by atoms with Crippen LogP contribution < -0.4 is 5.32 Å². The largest absolute Gasteiger partial charge is 0.344 e. The van der Waals surface area contributed by atoms with E-state index < -0.39 is 37.6 Å².